The molecule has 1 fully saturated rings. The second kappa shape index (κ2) is 6.80. The van der Waals surface area contributed by atoms with Crippen LogP contribution in [-0.2, 0) is 6.54 Å². The van der Waals surface area contributed by atoms with E-state index in [1.165, 1.54) is 12.4 Å². The summed E-state index contributed by atoms with van der Waals surface area (Å²) in [5.41, 5.74) is 0.291. The average Bonchev–Trinajstić information content (AvgIpc) is 3.28. The van der Waals surface area contributed by atoms with Gasteiger partial charge in [0.15, 0.2) is 0 Å². The summed E-state index contributed by atoms with van der Waals surface area (Å²) >= 11 is 0. The fourth-order valence-corrected chi connectivity index (χ4v) is 3.09. The fraction of sp³-hybridized carbons (Fsp3) is 0.316. The minimum Gasteiger partial charge on any atom is -0.442 e. The van der Waals surface area contributed by atoms with Crippen LogP contribution in [0.5, 0.6) is 0 Å². The zero-order valence-corrected chi connectivity index (χ0v) is 15.8. The molecule has 3 aromatic rings. The van der Waals surface area contributed by atoms with Gasteiger partial charge in [0.2, 0.25) is 11.5 Å². The Balaban J connectivity index is 1.61. The minimum atomic E-state index is -0.928. The standard InChI is InChI=1S/C19H18FN5O4/c1-10-14(15-16(24-19(2)5-6-19)22-9-23-18(15)29-10)17(26)21-8-11-3-4-12(20)13(7-11)25(27)28/h3-4,7,9H,5-6,8H2,1-2H3,(H,21,26)(H,22,23,24). The summed E-state index contributed by atoms with van der Waals surface area (Å²) in [7, 11) is 0. The quantitative estimate of drug-likeness (QED) is 0.480. The fourth-order valence-electron chi connectivity index (χ4n) is 3.09. The van der Waals surface area contributed by atoms with Gasteiger partial charge >= 0.3 is 5.69 Å². The van der Waals surface area contributed by atoms with Crippen LogP contribution in [0.1, 0.15) is 41.4 Å². The lowest BCUT2D eigenvalue weighted by Gasteiger charge is -2.13. The van der Waals surface area contributed by atoms with Crippen molar-refractivity contribution in [3.8, 4) is 0 Å². The second-order valence-electron chi connectivity index (χ2n) is 7.35. The van der Waals surface area contributed by atoms with Crippen LogP contribution in [0.3, 0.4) is 0 Å². The van der Waals surface area contributed by atoms with Gasteiger partial charge in [-0.3, -0.25) is 14.9 Å². The van der Waals surface area contributed by atoms with Crippen molar-refractivity contribution in [1.82, 2.24) is 15.3 Å². The number of aromatic nitrogens is 2. The molecule has 2 heterocycles. The van der Waals surface area contributed by atoms with E-state index in [1.54, 1.807) is 6.92 Å². The zero-order valence-electron chi connectivity index (χ0n) is 15.8. The van der Waals surface area contributed by atoms with E-state index in [9.17, 15) is 19.3 Å². The molecule has 10 heteroatoms. The number of carbonyl (C=O) groups is 1. The van der Waals surface area contributed by atoms with E-state index in [0.717, 1.165) is 25.0 Å². The van der Waals surface area contributed by atoms with Gasteiger partial charge in [-0.2, -0.15) is 4.39 Å². The van der Waals surface area contributed by atoms with Crippen LogP contribution in [0.15, 0.2) is 28.9 Å². The van der Waals surface area contributed by atoms with Crippen molar-refractivity contribution in [2.24, 2.45) is 0 Å². The predicted octanol–water partition coefficient (Wildman–Crippen LogP) is 3.47. The molecular weight excluding hydrogens is 381 g/mol. The Labute approximate surface area is 164 Å². The Kier molecular flexibility index (Phi) is 4.40. The van der Waals surface area contributed by atoms with E-state index in [1.807, 2.05) is 0 Å². The van der Waals surface area contributed by atoms with Crippen molar-refractivity contribution < 1.29 is 18.5 Å². The topological polar surface area (TPSA) is 123 Å². The number of nitro benzene ring substituents is 1. The maximum absolute atomic E-state index is 13.5. The lowest BCUT2D eigenvalue weighted by molar-refractivity contribution is -0.387. The van der Waals surface area contributed by atoms with Crippen LogP contribution in [0.2, 0.25) is 0 Å². The number of carbonyl (C=O) groups excluding carboxylic acids is 1. The van der Waals surface area contributed by atoms with Gasteiger partial charge in [0.1, 0.15) is 17.9 Å². The first kappa shape index (κ1) is 18.8. The lowest BCUT2D eigenvalue weighted by Crippen LogP contribution is -2.24. The molecule has 0 atom stereocenters. The predicted molar refractivity (Wildman–Crippen MR) is 102 cm³/mol. The normalized spacial score (nSPS) is 14.6. The molecule has 4 rings (SSSR count). The number of rotatable bonds is 6. The molecule has 9 nitrogen and oxygen atoms in total. The van der Waals surface area contributed by atoms with E-state index in [0.29, 0.717) is 33.8 Å². The number of anilines is 1. The molecule has 1 aliphatic carbocycles. The number of halogens is 1. The highest BCUT2D eigenvalue weighted by atomic mass is 19.1. The van der Waals surface area contributed by atoms with Crippen molar-refractivity contribution in [2.75, 3.05) is 5.32 Å². The van der Waals surface area contributed by atoms with Crippen LogP contribution < -0.4 is 10.6 Å². The van der Waals surface area contributed by atoms with Gasteiger partial charge in [-0.05, 0) is 38.3 Å². The summed E-state index contributed by atoms with van der Waals surface area (Å²) in [6.45, 7) is 3.71. The molecule has 1 aromatic carbocycles. The molecule has 0 saturated heterocycles. The second-order valence-corrected chi connectivity index (χ2v) is 7.35. The highest BCUT2D eigenvalue weighted by Gasteiger charge is 2.38. The van der Waals surface area contributed by atoms with E-state index < -0.39 is 22.3 Å². The molecule has 29 heavy (non-hydrogen) atoms. The summed E-state index contributed by atoms with van der Waals surface area (Å²) in [5, 5.41) is 17.4. The van der Waals surface area contributed by atoms with Crippen LogP contribution in [0.4, 0.5) is 15.9 Å². The molecular formula is C19H18FN5O4. The third-order valence-electron chi connectivity index (χ3n) is 4.97. The van der Waals surface area contributed by atoms with Crippen LogP contribution in [0, 0.1) is 22.9 Å². The molecule has 0 bridgehead atoms. The molecule has 2 aromatic heterocycles. The van der Waals surface area contributed by atoms with Gasteiger partial charge in [0, 0.05) is 18.2 Å². The van der Waals surface area contributed by atoms with Crippen LogP contribution >= 0.6 is 0 Å². The molecule has 0 spiro atoms. The van der Waals surface area contributed by atoms with E-state index in [-0.39, 0.29) is 12.1 Å². The van der Waals surface area contributed by atoms with Gasteiger partial charge in [-0.15, -0.1) is 0 Å². The van der Waals surface area contributed by atoms with Crippen molar-refractivity contribution >= 4 is 28.5 Å². The number of benzene rings is 1. The van der Waals surface area contributed by atoms with Crippen LogP contribution in [-0.4, -0.2) is 26.3 Å². The summed E-state index contributed by atoms with van der Waals surface area (Å²) in [6, 6.07) is 3.48. The summed E-state index contributed by atoms with van der Waals surface area (Å²) in [6.07, 6.45) is 3.37. The molecule has 0 radical (unpaired) electrons. The number of hydrogen-bond donors (Lipinski definition) is 2. The average molecular weight is 399 g/mol. The Bertz CT molecular complexity index is 1140. The van der Waals surface area contributed by atoms with Crippen molar-refractivity contribution in [1.29, 1.82) is 0 Å². The third kappa shape index (κ3) is 3.60. The van der Waals surface area contributed by atoms with Crippen LogP contribution in [0.25, 0.3) is 11.1 Å². The number of furan rings is 1. The number of fused-ring (bicyclic) bond motifs is 1. The first-order chi connectivity index (χ1) is 13.8. The van der Waals surface area contributed by atoms with E-state index in [4.69, 9.17) is 4.42 Å². The largest absolute Gasteiger partial charge is 0.442 e. The summed E-state index contributed by atoms with van der Waals surface area (Å²) < 4.78 is 19.1. The first-order valence-corrected chi connectivity index (χ1v) is 9.01. The van der Waals surface area contributed by atoms with E-state index in [2.05, 4.69) is 27.5 Å². The Morgan fingerprint density at radius 1 is 1.38 bits per heavy atom. The van der Waals surface area contributed by atoms with Gasteiger partial charge < -0.3 is 15.1 Å². The summed E-state index contributed by atoms with van der Waals surface area (Å²) in [4.78, 5) is 31.3. The van der Waals surface area contributed by atoms with Gasteiger partial charge in [0.05, 0.1) is 15.9 Å². The number of hydrogen-bond acceptors (Lipinski definition) is 7. The number of nitro groups is 1. The molecule has 0 aliphatic heterocycles. The molecule has 0 unspecified atom stereocenters. The Morgan fingerprint density at radius 2 is 2.14 bits per heavy atom. The molecule has 2 N–H and O–H groups in total. The molecule has 1 amide bonds. The highest BCUT2D eigenvalue weighted by Crippen LogP contribution is 2.40. The van der Waals surface area contributed by atoms with Crippen molar-refractivity contribution in [2.45, 2.75) is 38.8 Å². The van der Waals surface area contributed by atoms with Crippen molar-refractivity contribution in [3.05, 3.63) is 57.3 Å². The van der Waals surface area contributed by atoms with E-state index >= 15 is 0 Å². The highest BCUT2D eigenvalue weighted by molar-refractivity contribution is 6.10. The number of amides is 1. The molecule has 150 valence electrons. The number of aryl methyl sites for hydroxylation is 1. The zero-order chi connectivity index (χ0) is 20.8. The summed E-state index contributed by atoms with van der Waals surface area (Å²) in [5.74, 6) is -0.461. The molecule has 1 saturated carbocycles. The number of nitrogens with one attached hydrogen (secondary N) is 2. The molecule has 1 aliphatic rings. The Hall–Kier alpha value is -3.56. The van der Waals surface area contributed by atoms with Crippen molar-refractivity contribution in [3.63, 3.8) is 0 Å². The van der Waals surface area contributed by atoms with Gasteiger partial charge in [-0.1, -0.05) is 6.07 Å². The lowest BCUT2D eigenvalue weighted by atomic mass is 10.1. The maximum Gasteiger partial charge on any atom is 0.305 e. The maximum atomic E-state index is 13.5. The smallest absolute Gasteiger partial charge is 0.305 e. The van der Waals surface area contributed by atoms with Gasteiger partial charge in [-0.25, -0.2) is 9.97 Å². The van der Waals surface area contributed by atoms with Gasteiger partial charge in [0.25, 0.3) is 5.91 Å². The third-order valence-corrected chi connectivity index (χ3v) is 4.97. The number of nitrogens with zero attached hydrogens (tertiary/aromatic N) is 3. The monoisotopic (exact) mass is 399 g/mol. The SMILES string of the molecule is Cc1oc2ncnc(NC3(C)CC3)c2c1C(=O)NCc1ccc(F)c([N+](=O)[O-])c1. The first-order valence-electron chi connectivity index (χ1n) is 9.01. The minimum absolute atomic E-state index is 0.0137. The Morgan fingerprint density at radius 3 is 2.83 bits per heavy atom.